The zero-order valence-electron chi connectivity index (χ0n) is 8.71. The fraction of sp³-hybridized carbons (Fsp3) is 0.500. The normalized spacial score (nSPS) is 15.3. The highest BCUT2D eigenvalue weighted by Gasteiger charge is 2.19. The van der Waals surface area contributed by atoms with E-state index in [0.29, 0.717) is 6.61 Å². The molecule has 1 fully saturated rings. The first kappa shape index (κ1) is 10.4. The standard InChI is InChI=1S/C12H16FNO/c13-11-3-5-12(6-4-11)15-8-7-14-9-10-1-2-10/h3-6,10,14H,1-2,7-9H2. The lowest BCUT2D eigenvalue weighted by molar-refractivity contribution is 0.313. The van der Waals surface area contributed by atoms with Crippen LogP contribution in [0.5, 0.6) is 5.75 Å². The van der Waals surface area contributed by atoms with Crippen LogP contribution in [0, 0.1) is 11.7 Å². The second kappa shape index (κ2) is 5.12. The maximum Gasteiger partial charge on any atom is 0.123 e. The maximum atomic E-state index is 12.6. The molecule has 1 aromatic carbocycles. The van der Waals surface area contributed by atoms with E-state index in [-0.39, 0.29) is 5.82 Å². The average molecular weight is 209 g/mol. The van der Waals surface area contributed by atoms with Crippen molar-refractivity contribution >= 4 is 0 Å². The molecule has 0 aliphatic heterocycles. The van der Waals surface area contributed by atoms with Crippen LogP contribution in [-0.2, 0) is 0 Å². The second-order valence-corrected chi connectivity index (χ2v) is 3.95. The lowest BCUT2D eigenvalue weighted by Gasteiger charge is -2.06. The summed E-state index contributed by atoms with van der Waals surface area (Å²) in [5.74, 6) is 1.40. The van der Waals surface area contributed by atoms with Gasteiger partial charge in [0, 0.05) is 6.54 Å². The van der Waals surface area contributed by atoms with Crippen LogP contribution in [0.3, 0.4) is 0 Å². The van der Waals surface area contributed by atoms with Gasteiger partial charge in [0.25, 0.3) is 0 Å². The SMILES string of the molecule is Fc1ccc(OCCNCC2CC2)cc1. The van der Waals surface area contributed by atoms with E-state index in [1.807, 2.05) is 0 Å². The van der Waals surface area contributed by atoms with Gasteiger partial charge in [-0.05, 0) is 49.6 Å². The molecule has 3 heteroatoms. The van der Waals surface area contributed by atoms with Crippen LogP contribution in [0.25, 0.3) is 0 Å². The Bertz CT molecular complexity index is 295. The summed E-state index contributed by atoms with van der Waals surface area (Å²) in [6, 6.07) is 6.12. The van der Waals surface area contributed by atoms with Gasteiger partial charge >= 0.3 is 0 Å². The summed E-state index contributed by atoms with van der Waals surface area (Å²) in [6.45, 7) is 2.60. The van der Waals surface area contributed by atoms with E-state index in [4.69, 9.17) is 4.74 Å². The van der Waals surface area contributed by atoms with E-state index in [9.17, 15) is 4.39 Å². The summed E-state index contributed by atoms with van der Waals surface area (Å²) in [4.78, 5) is 0. The topological polar surface area (TPSA) is 21.3 Å². The molecule has 0 unspecified atom stereocenters. The van der Waals surface area contributed by atoms with Crippen molar-refractivity contribution < 1.29 is 9.13 Å². The first-order chi connectivity index (χ1) is 7.34. The monoisotopic (exact) mass is 209 g/mol. The van der Waals surface area contributed by atoms with Crippen molar-refractivity contribution in [3.05, 3.63) is 30.1 Å². The Morgan fingerprint density at radius 2 is 2.00 bits per heavy atom. The third kappa shape index (κ3) is 3.88. The molecule has 1 saturated carbocycles. The molecule has 0 amide bonds. The summed E-state index contributed by atoms with van der Waals surface area (Å²) in [6.07, 6.45) is 2.73. The van der Waals surface area contributed by atoms with Crippen LogP contribution < -0.4 is 10.1 Å². The highest BCUT2D eigenvalue weighted by Crippen LogP contribution is 2.27. The minimum absolute atomic E-state index is 0.228. The van der Waals surface area contributed by atoms with Crippen LogP contribution in [0.2, 0.25) is 0 Å². The Morgan fingerprint density at radius 1 is 1.27 bits per heavy atom. The fourth-order valence-electron chi connectivity index (χ4n) is 1.40. The summed E-state index contributed by atoms with van der Waals surface area (Å²) in [5.41, 5.74) is 0. The van der Waals surface area contributed by atoms with Gasteiger partial charge in [0.2, 0.25) is 0 Å². The van der Waals surface area contributed by atoms with Crippen molar-refractivity contribution in [1.29, 1.82) is 0 Å². The van der Waals surface area contributed by atoms with Crippen molar-refractivity contribution in [2.24, 2.45) is 5.92 Å². The lowest BCUT2D eigenvalue weighted by Crippen LogP contribution is -2.23. The van der Waals surface area contributed by atoms with Crippen molar-refractivity contribution in [3.8, 4) is 5.75 Å². The molecule has 0 atom stereocenters. The Morgan fingerprint density at radius 3 is 2.67 bits per heavy atom. The predicted molar refractivity (Wildman–Crippen MR) is 57.5 cm³/mol. The van der Waals surface area contributed by atoms with Crippen molar-refractivity contribution in [2.75, 3.05) is 19.7 Å². The molecule has 0 aromatic heterocycles. The van der Waals surface area contributed by atoms with E-state index >= 15 is 0 Å². The quantitative estimate of drug-likeness (QED) is 0.725. The van der Waals surface area contributed by atoms with Gasteiger partial charge in [-0.1, -0.05) is 0 Å². The van der Waals surface area contributed by atoms with E-state index in [2.05, 4.69) is 5.32 Å². The first-order valence-electron chi connectivity index (χ1n) is 5.44. The summed E-state index contributed by atoms with van der Waals surface area (Å²) >= 11 is 0. The number of hydrogen-bond acceptors (Lipinski definition) is 2. The van der Waals surface area contributed by atoms with Gasteiger partial charge in [-0.25, -0.2) is 4.39 Å². The first-order valence-corrected chi connectivity index (χ1v) is 5.44. The zero-order chi connectivity index (χ0) is 10.5. The molecule has 15 heavy (non-hydrogen) atoms. The van der Waals surface area contributed by atoms with Crippen LogP contribution >= 0.6 is 0 Å². The molecule has 2 nitrogen and oxygen atoms in total. The van der Waals surface area contributed by atoms with E-state index in [1.54, 1.807) is 12.1 Å². The van der Waals surface area contributed by atoms with Crippen LogP contribution in [-0.4, -0.2) is 19.7 Å². The molecular weight excluding hydrogens is 193 g/mol. The molecule has 82 valence electrons. The number of ether oxygens (including phenoxy) is 1. The minimum atomic E-state index is -0.228. The molecule has 1 aliphatic carbocycles. The van der Waals surface area contributed by atoms with Gasteiger partial charge in [0.15, 0.2) is 0 Å². The van der Waals surface area contributed by atoms with Gasteiger partial charge in [-0.3, -0.25) is 0 Å². The summed E-state index contributed by atoms with van der Waals surface area (Å²) < 4.78 is 18.0. The van der Waals surface area contributed by atoms with Gasteiger partial charge in [0.05, 0.1) is 0 Å². The molecule has 0 saturated heterocycles. The smallest absolute Gasteiger partial charge is 0.123 e. The van der Waals surface area contributed by atoms with Gasteiger partial charge in [-0.2, -0.15) is 0 Å². The third-order valence-electron chi connectivity index (χ3n) is 2.49. The Balaban J connectivity index is 1.58. The molecule has 0 spiro atoms. The maximum absolute atomic E-state index is 12.6. The molecule has 1 aliphatic rings. The molecule has 0 radical (unpaired) electrons. The highest BCUT2D eigenvalue weighted by atomic mass is 19.1. The molecule has 0 bridgehead atoms. The van der Waals surface area contributed by atoms with E-state index in [1.165, 1.54) is 25.0 Å². The minimum Gasteiger partial charge on any atom is -0.492 e. The Labute approximate surface area is 89.4 Å². The summed E-state index contributed by atoms with van der Waals surface area (Å²) in [7, 11) is 0. The van der Waals surface area contributed by atoms with Crippen LogP contribution in [0.1, 0.15) is 12.8 Å². The predicted octanol–water partition coefficient (Wildman–Crippen LogP) is 2.20. The van der Waals surface area contributed by atoms with E-state index in [0.717, 1.165) is 24.8 Å². The second-order valence-electron chi connectivity index (χ2n) is 3.95. The van der Waals surface area contributed by atoms with Crippen molar-refractivity contribution in [2.45, 2.75) is 12.8 Å². The van der Waals surface area contributed by atoms with Gasteiger partial charge in [-0.15, -0.1) is 0 Å². The average Bonchev–Trinajstić information content (AvgIpc) is 3.04. The number of nitrogens with one attached hydrogen (secondary N) is 1. The van der Waals surface area contributed by atoms with Crippen LogP contribution in [0.15, 0.2) is 24.3 Å². The lowest BCUT2D eigenvalue weighted by atomic mass is 10.3. The van der Waals surface area contributed by atoms with Crippen molar-refractivity contribution in [3.63, 3.8) is 0 Å². The Kier molecular flexibility index (Phi) is 3.56. The molecule has 1 aromatic rings. The number of hydrogen-bond donors (Lipinski definition) is 1. The van der Waals surface area contributed by atoms with E-state index < -0.39 is 0 Å². The molecule has 2 rings (SSSR count). The zero-order valence-corrected chi connectivity index (χ0v) is 8.71. The number of halogens is 1. The molecular formula is C12H16FNO. The molecule has 0 heterocycles. The largest absolute Gasteiger partial charge is 0.492 e. The highest BCUT2D eigenvalue weighted by molar-refractivity contribution is 5.21. The van der Waals surface area contributed by atoms with Crippen LogP contribution in [0.4, 0.5) is 4.39 Å². The Hall–Kier alpha value is -1.09. The fourth-order valence-corrected chi connectivity index (χ4v) is 1.40. The molecule has 1 N–H and O–H groups in total. The summed E-state index contributed by atoms with van der Waals surface area (Å²) in [5, 5.41) is 3.33. The number of benzene rings is 1. The van der Waals surface area contributed by atoms with Gasteiger partial charge < -0.3 is 10.1 Å². The third-order valence-corrected chi connectivity index (χ3v) is 2.49. The van der Waals surface area contributed by atoms with Gasteiger partial charge in [0.1, 0.15) is 18.2 Å². The van der Waals surface area contributed by atoms with Crippen molar-refractivity contribution in [1.82, 2.24) is 5.32 Å². The number of rotatable bonds is 6.